The van der Waals surface area contributed by atoms with Crippen molar-refractivity contribution in [1.29, 1.82) is 0 Å². The molecule has 0 bridgehead atoms. The molecule has 6 nitrogen and oxygen atoms in total. The van der Waals surface area contributed by atoms with Crippen LogP contribution in [0.5, 0.6) is 34.5 Å². The Balaban J connectivity index is 0.000000173. The van der Waals surface area contributed by atoms with E-state index in [0.717, 1.165) is 53.1 Å². The highest BCUT2D eigenvalue weighted by molar-refractivity contribution is 6.59. The smallest absolute Gasteiger partial charge is 0.411 e. The third-order valence-electron chi connectivity index (χ3n) is 21.2. The molecule has 13 rings (SSSR count). The Kier molecular flexibility index (Phi) is 30.6. The molecule has 13 aromatic carbocycles. The number of rotatable bonds is 15. The van der Waals surface area contributed by atoms with Gasteiger partial charge in [-0.3, -0.25) is 0 Å². The highest BCUT2D eigenvalue weighted by atomic mass is 35.5. The molecule has 0 aliphatic carbocycles. The molecule has 3 unspecified atom stereocenters. The van der Waals surface area contributed by atoms with E-state index < -0.39 is 34.6 Å². The molecule has 5 N–H and O–H groups in total. The second-order valence-corrected chi connectivity index (χ2v) is 30.6. The number of phenols is 5. The third kappa shape index (κ3) is 22.7. The summed E-state index contributed by atoms with van der Waals surface area (Å²) < 4.78 is 87.4. The second-order valence-electron chi connectivity index (χ2n) is 29.7. The number of hydrogen-bond acceptors (Lipinski definition) is 6. The molecule has 13 aromatic rings. The summed E-state index contributed by atoms with van der Waals surface area (Å²) in [6, 6.07) is 97.7. The van der Waals surface area contributed by atoms with Crippen LogP contribution in [0, 0.1) is 41.5 Å². The quantitative estimate of drug-likeness (QED) is 0.0517. The lowest BCUT2D eigenvalue weighted by Crippen LogP contribution is -2.54. The lowest BCUT2D eigenvalue weighted by Gasteiger charge is -2.38. The van der Waals surface area contributed by atoms with Crippen molar-refractivity contribution in [3.05, 3.63) is 432 Å². The van der Waals surface area contributed by atoms with E-state index in [2.05, 4.69) is 210 Å². The highest BCUT2D eigenvalue weighted by Crippen LogP contribution is 2.56. The molecule has 0 aliphatic rings. The maximum atomic E-state index is 13.7. The molecule has 0 spiro atoms. The van der Waals surface area contributed by atoms with E-state index in [1.165, 1.54) is 90.0 Å². The third-order valence-corrected chi connectivity index (χ3v) is 21.6. The van der Waals surface area contributed by atoms with Crippen LogP contribution >= 0.6 is 23.2 Å². The lowest BCUT2D eigenvalue weighted by atomic mass is 9.71. The predicted molar refractivity (Wildman–Crippen MR) is 460 cm³/mol. The maximum absolute atomic E-state index is 13.7. The van der Waals surface area contributed by atoms with Gasteiger partial charge in [0.25, 0.3) is 0 Å². The standard InChI is InChI=1S/C21H20O.C17H20O.C16H14Cl2.C16H12F6O.C16H18O2.C15H16O/c1-16-8-10-18(11-9-16)21(2,17-6-4-3-5-7-17)19-12-14-20(22)15-13-19;1-4-17(3,14-7-5-13(2)6-8-14)15-9-11-16(18)12-10-15;1-11-3-7-13(8-4-11)15(16(17)18)14-9-5-12(2)6-10-14;1-10-2-4-11(5-3-10)14(15(17,18)19,16(20,21)22)12-6-8-13(23)9-7-12;1-16(2,12-4-8-14(17)9-5-12)13-6-10-15(18-3)11-7-13;1-11-3-5-13(6-4-11)12(2)14-7-9-15(16)10-8-14/h3-15,22H,1-2H3;5-12,18H,4H2,1-3H3;3-10H,1-2H3;2-9,23H,1H3;4-11,17H,1-3H3;3-10,12,16H,1-2H3. The summed E-state index contributed by atoms with van der Waals surface area (Å²) in [5.41, 5.74) is 14.4. The Morgan fingerprint density at radius 2 is 0.565 bits per heavy atom. The summed E-state index contributed by atoms with van der Waals surface area (Å²) in [4.78, 5) is 0. The van der Waals surface area contributed by atoms with Crippen molar-refractivity contribution in [2.45, 2.75) is 129 Å². The predicted octanol–water partition coefficient (Wildman–Crippen LogP) is 27.7. The van der Waals surface area contributed by atoms with Gasteiger partial charge in [-0.1, -0.05) is 340 Å². The van der Waals surface area contributed by atoms with Crippen molar-refractivity contribution < 1.29 is 56.6 Å². The van der Waals surface area contributed by atoms with Gasteiger partial charge in [0.15, 0.2) is 0 Å². The minimum atomic E-state index is -5.61. The van der Waals surface area contributed by atoms with Gasteiger partial charge in [-0.05, 0) is 200 Å². The second kappa shape index (κ2) is 39.5. The summed E-state index contributed by atoms with van der Waals surface area (Å²) in [7, 11) is 1.67. The fraction of sp³-hybridized carbons (Fsp3) is 0.208. The first-order valence-electron chi connectivity index (χ1n) is 37.7. The molecular formula is C101H100Cl2F6O6. The summed E-state index contributed by atoms with van der Waals surface area (Å²) in [6.45, 7) is 25.2. The van der Waals surface area contributed by atoms with E-state index in [4.69, 9.17) is 27.9 Å². The minimum absolute atomic E-state index is 0.00139. The average molecular weight is 1590 g/mol. The van der Waals surface area contributed by atoms with Crippen molar-refractivity contribution >= 4 is 28.8 Å². The molecular weight excluding hydrogens is 1490 g/mol. The van der Waals surface area contributed by atoms with Crippen LogP contribution < -0.4 is 4.74 Å². The molecule has 14 heteroatoms. The number of halogens is 8. The number of alkyl halides is 6. The Hall–Kier alpha value is -11.4. The molecule has 0 fully saturated rings. The molecule has 596 valence electrons. The fourth-order valence-corrected chi connectivity index (χ4v) is 13.9. The number of hydrogen-bond donors (Lipinski definition) is 5. The number of aromatic hydroxyl groups is 5. The molecule has 115 heavy (non-hydrogen) atoms. The van der Waals surface area contributed by atoms with Gasteiger partial charge in [-0.15, -0.1) is 0 Å². The summed E-state index contributed by atoms with van der Waals surface area (Å²) >= 11 is 12.1. The monoisotopic (exact) mass is 1590 g/mol. The summed E-state index contributed by atoms with van der Waals surface area (Å²) in [5.74, 6) is 2.03. The number of ether oxygens (including phenoxy) is 1. The first-order valence-corrected chi connectivity index (χ1v) is 38.5. The number of benzene rings is 13. The van der Waals surface area contributed by atoms with E-state index in [0.29, 0.717) is 51.1 Å². The van der Waals surface area contributed by atoms with Crippen LogP contribution in [0.25, 0.3) is 5.57 Å². The Labute approximate surface area is 684 Å². The van der Waals surface area contributed by atoms with Crippen molar-refractivity contribution in [2.24, 2.45) is 0 Å². The SMILES string of the molecule is CCC(C)(c1ccc(C)cc1)c1ccc(O)cc1.COc1ccc(C(C)(C)c2ccc(O)cc2)cc1.Cc1ccc(C(=C(Cl)Cl)c2ccc(C)cc2)cc1.Cc1ccc(C(C)(c2ccccc2)c2ccc(O)cc2)cc1.Cc1ccc(C(C)c2ccc(O)cc2)cc1.Cc1ccc(C(c2ccc(O)cc2)(C(F)(F)F)C(F)(F)F)cc1. The van der Waals surface area contributed by atoms with Crippen molar-refractivity contribution in [3.8, 4) is 34.5 Å². The normalized spacial score (nSPS) is 12.5. The van der Waals surface area contributed by atoms with E-state index in [1.807, 2.05) is 91.0 Å². The topological polar surface area (TPSA) is 110 Å². The van der Waals surface area contributed by atoms with Crippen LogP contribution in [-0.4, -0.2) is 45.0 Å². The van der Waals surface area contributed by atoms with Crippen molar-refractivity contribution in [1.82, 2.24) is 0 Å². The zero-order valence-electron chi connectivity index (χ0n) is 67.1. The zero-order chi connectivity index (χ0) is 84.1. The number of aryl methyl sites for hydroxylation is 6. The first-order chi connectivity index (χ1) is 54.4. The summed E-state index contributed by atoms with van der Waals surface area (Å²) in [5, 5.41) is 46.8. The van der Waals surface area contributed by atoms with Gasteiger partial charge in [0.1, 0.15) is 39.0 Å². The van der Waals surface area contributed by atoms with Crippen molar-refractivity contribution in [2.75, 3.05) is 7.11 Å². The molecule has 0 aliphatic heterocycles. The van der Waals surface area contributed by atoms with Crippen LogP contribution in [0.15, 0.2) is 326 Å². The van der Waals surface area contributed by atoms with Gasteiger partial charge in [-0.2, -0.15) is 26.3 Å². The van der Waals surface area contributed by atoms with Crippen LogP contribution in [0.3, 0.4) is 0 Å². The van der Waals surface area contributed by atoms with E-state index in [1.54, 1.807) is 62.6 Å². The van der Waals surface area contributed by atoms with E-state index in [-0.39, 0.29) is 16.2 Å². The zero-order valence-corrected chi connectivity index (χ0v) is 68.6. The van der Waals surface area contributed by atoms with Gasteiger partial charge in [-0.25, -0.2) is 0 Å². The highest BCUT2D eigenvalue weighted by Gasteiger charge is 2.72. The van der Waals surface area contributed by atoms with Gasteiger partial charge < -0.3 is 30.3 Å². The van der Waals surface area contributed by atoms with Gasteiger partial charge in [0.05, 0.1) is 7.11 Å². The number of methoxy groups -OCH3 is 1. The first kappa shape index (κ1) is 89.1. The van der Waals surface area contributed by atoms with Gasteiger partial charge in [0, 0.05) is 27.7 Å². The Morgan fingerprint density at radius 3 is 0.878 bits per heavy atom. The van der Waals surface area contributed by atoms with Gasteiger partial charge in [0.2, 0.25) is 5.41 Å². The fourth-order valence-electron chi connectivity index (χ4n) is 13.5. The minimum Gasteiger partial charge on any atom is -0.508 e. The molecule has 0 amide bonds. The van der Waals surface area contributed by atoms with E-state index in [9.17, 15) is 51.9 Å². The van der Waals surface area contributed by atoms with Crippen LogP contribution in [0.2, 0.25) is 0 Å². The lowest BCUT2D eigenvalue weighted by molar-refractivity contribution is -0.288. The molecule has 0 radical (unpaired) electrons. The number of phenolic OH excluding ortho intramolecular Hbond substituents is 5. The largest absolute Gasteiger partial charge is 0.508 e. The van der Waals surface area contributed by atoms with Crippen LogP contribution in [0.4, 0.5) is 26.3 Å². The average Bonchev–Trinajstić information content (AvgIpc) is 0.714. The summed E-state index contributed by atoms with van der Waals surface area (Å²) in [6.07, 6.45) is -10.2. The van der Waals surface area contributed by atoms with Crippen molar-refractivity contribution in [3.63, 3.8) is 0 Å². The van der Waals surface area contributed by atoms with Crippen LogP contribution in [-0.2, 0) is 21.7 Å². The van der Waals surface area contributed by atoms with E-state index >= 15 is 0 Å². The molecule has 0 saturated carbocycles. The Morgan fingerprint density at radius 1 is 0.322 bits per heavy atom. The van der Waals surface area contributed by atoms with Gasteiger partial charge >= 0.3 is 12.4 Å². The molecule has 3 atom stereocenters. The maximum Gasteiger partial charge on any atom is 0.411 e. The Bertz CT molecular complexity index is 4920. The molecule has 0 saturated heterocycles. The molecule has 0 aromatic heterocycles. The van der Waals surface area contributed by atoms with Crippen LogP contribution in [0.1, 0.15) is 160 Å². The molecule has 0 heterocycles.